The van der Waals surface area contributed by atoms with E-state index >= 15 is 0 Å². The van der Waals surface area contributed by atoms with Crippen LogP contribution in [0.1, 0.15) is 41.6 Å². The van der Waals surface area contributed by atoms with E-state index in [9.17, 15) is 9.59 Å². The molecule has 0 saturated carbocycles. The fraction of sp³-hybridized carbons (Fsp3) is 0.500. The van der Waals surface area contributed by atoms with E-state index < -0.39 is 0 Å². The van der Waals surface area contributed by atoms with Gasteiger partial charge in [0.15, 0.2) is 0 Å². The van der Waals surface area contributed by atoms with Crippen LogP contribution in [0.3, 0.4) is 0 Å². The van der Waals surface area contributed by atoms with Gasteiger partial charge in [0.25, 0.3) is 5.91 Å². The molecule has 1 fully saturated rings. The lowest BCUT2D eigenvalue weighted by molar-refractivity contribution is -0.116. The van der Waals surface area contributed by atoms with Crippen molar-refractivity contribution in [2.45, 2.75) is 38.1 Å². The molecule has 3 rings (SSSR count). The maximum absolute atomic E-state index is 12.7. The third-order valence-corrected chi connectivity index (χ3v) is 4.41. The Hall–Kier alpha value is -1.88. The Morgan fingerprint density at radius 1 is 1.33 bits per heavy atom. The predicted molar refractivity (Wildman–Crippen MR) is 81.1 cm³/mol. The van der Waals surface area contributed by atoms with Gasteiger partial charge in [0.2, 0.25) is 5.91 Å². The molecule has 0 spiro atoms. The Labute approximate surface area is 124 Å². The minimum atomic E-state index is 0.0424. The number of nitrogens with one attached hydrogen (secondary N) is 1. The fourth-order valence-corrected chi connectivity index (χ4v) is 3.20. The second kappa shape index (κ2) is 5.85. The molecule has 1 aromatic carbocycles. The molecule has 0 aromatic heterocycles. The van der Waals surface area contributed by atoms with Gasteiger partial charge in [-0.1, -0.05) is 0 Å². The van der Waals surface area contributed by atoms with Crippen LogP contribution >= 0.6 is 0 Å². The smallest absolute Gasteiger partial charge is 0.254 e. The molecule has 0 radical (unpaired) electrons. The number of hydrogen-bond acceptors (Lipinski definition) is 3. The lowest BCUT2D eigenvalue weighted by atomic mass is 9.97. The quantitative estimate of drug-likeness (QED) is 0.866. The molecular weight excluding hydrogens is 266 g/mol. The van der Waals surface area contributed by atoms with Crippen LogP contribution in [-0.2, 0) is 11.2 Å². The van der Waals surface area contributed by atoms with Gasteiger partial charge in [0.1, 0.15) is 0 Å². The molecule has 1 aromatic rings. The van der Waals surface area contributed by atoms with Gasteiger partial charge in [-0.3, -0.25) is 9.59 Å². The maximum atomic E-state index is 12.7. The van der Waals surface area contributed by atoms with Crippen LogP contribution < -0.4 is 11.1 Å². The summed E-state index contributed by atoms with van der Waals surface area (Å²) in [5.74, 6) is 0.102. The highest BCUT2D eigenvalue weighted by Crippen LogP contribution is 2.25. The summed E-state index contributed by atoms with van der Waals surface area (Å²) in [6, 6.07) is 5.71. The molecule has 1 saturated heterocycles. The number of anilines is 1. The van der Waals surface area contributed by atoms with Crippen molar-refractivity contribution >= 4 is 17.5 Å². The SMILES string of the molecule is NC[C@@H]1CCCCN1C(=O)c1ccc2c(c1)CCC(=O)N2. The number of hydrogen-bond donors (Lipinski definition) is 2. The highest BCUT2D eigenvalue weighted by Gasteiger charge is 2.27. The van der Waals surface area contributed by atoms with E-state index in [1.807, 2.05) is 17.0 Å². The number of likely N-dealkylation sites (tertiary alicyclic amines) is 1. The van der Waals surface area contributed by atoms with Crippen LogP contribution in [0.15, 0.2) is 18.2 Å². The van der Waals surface area contributed by atoms with Crippen molar-refractivity contribution in [1.82, 2.24) is 4.90 Å². The molecule has 112 valence electrons. The molecule has 2 aliphatic rings. The molecule has 1 atom stereocenters. The van der Waals surface area contributed by atoms with Crippen LogP contribution in [0, 0.1) is 0 Å². The zero-order valence-electron chi connectivity index (χ0n) is 12.1. The van der Waals surface area contributed by atoms with Crippen LogP contribution in [0.2, 0.25) is 0 Å². The average molecular weight is 287 g/mol. The van der Waals surface area contributed by atoms with Crippen LogP contribution in [0.25, 0.3) is 0 Å². The Morgan fingerprint density at radius 2 is 2.19 bits per heavy atom. The number of carbonyl (C=O) groups excluding carboxylic acids is 2. The Bertz CT molecular complexity index is 571. The first-order chi connectivity index (χ1) is 10.2. The number of nitrogens with zero attached hydrogens (tertiary/aromatic N) is 1. The van der Waals surface area contributed by atoms with E-state index in [1.165, 1.54) is 0 Å². The van der Waals surface area contributed by atoms with Gasteiger partial charge >= 0.3 is 0 Å². The monoisotopic (exact) mass is 287 g/mol. The number of fused-ring (bicyclic) bond motifs is 1. The molecular formula is C16H21N3O2. The number of benzene rings is 1. The third kappa shape index (κ3) is 2.78. The van der Waals surface area contributed by atoms with Crippen molar-refractivity contribution in [3.63, 3.8) is 0 Å². The second-order valence-electron chi connectivity index (χ2n) is 5.80. The molecule has 3 N–H and O–H groups in total. The zero-order valence-corrected chi connectivity index (χ0v) is 12.1. The zero-order chi connectivity index (χ0) is 14.8. The third-order valence-electron chi connectivity index (χ3n) is 4.41. The normalized spacial score (nSPS) is 21.7. The first-order valence-electron chi connectivity index (χ1n) is 7.63. The minimum Gasteiger partial charge on any atom is -0.334 e. The van der Waals surface area contributed by atoms with Crippen molar-refractivity contribution < 1.29 is 9.59 Å². The summed E-state index contributed by atoms with van der Waals surface area (Å²) < 4.78 is 0. The summed E-state index contributed by atoms with van der Waals surface area (Å²) >= 11 is 0. The Kier molecular flexibility index (Phi) is 3.92. The lowest BCUT2D eigenvalue weighted by Crippen LogP contribution is -2.47. The largest absolute Gasteiger partial charge is 0.334 e. The summed E-state index contributed by atoms with van der Waals surface area (Å²) in [7, 11) is 0. The van der Waals surface area contributed by atoms with Crippen molar-refractivity contribution in [2.24, 2.45) is 5.73 Å². The fourth-order valence-electron chi connectivity index (χ4n) is 3.20. The highest BCUT2D eigenvalue weighted by molar-refractivity contribution is 5.98. The van der Waals surface area contributed by atoms with Crippen molar-refractivity contribution in [2.75, 3.05) is 18.4 Å². The Balaban J connectivity index is 1.83. The van der Waals surface area contributed by atoms with Gasteiger partial charge in [0.05, 0.1) is 0 Å². The number of aryl methyl sites for hydroxylation is 1. The molecule has 5 heteroatoms. The van der Waals surface area contributed by atoms with Gasteiger partial charge in [-0.15, -0.1) is 0 Å². The molecule has 2 heterocycles. The van der Waals surface area contributed by atoms with Gasteiger partial charge < -0.3 is 16.0 Å². The highest BCUT2D eigenvalue weighted by atomic mass is 16.2. The number of piperidine rings is 1. The van der Waals surface area contributed by atoms with E-state index in [0.29, 0.717) is 24.9 Å². The summed E-state index contributed by atoms with van der Waals surface area (Å²) in [5.41, 5.74) is 8.37. The molecule has 21 heavy (non-hydrogen) atoms. The topological polar surface area (TPSA) is 75.4 Å². The van der Waals surface area contributed by atoms with Crippen molar-refractivity contribution in [3.05, 3.63) is 29.3 Å². The summed E-state index contributed by atoms with van der Waals surface area (Å²) in [6.45, 7) is 1.31. The molecule has 0 aliphatic carbocycles. The number of rotatable bonds is 2. The maximum Gasteiger partial charge on any atom is 0.254 e. The number of carbonyl (C=O) groups is 2. The summed E-state index contributed by atoms with van der Waals surface area (Å²) in [5, 5.41) is 2.84. The molecule has 0 unspecified atom stereocenters. The van der Waals surface area contributed by atoms with Gasteiger partial charge in [-0.05, 0) is 49.4 Å². The molecule has 5 nitrogen and oxygen atoms in total. The standard InChI is InChI=1S/C16H21N3O2/c17-10-13-3-1-2-8-19(13)16(21)12-4-6-14-11(9-12)5-7-15(20)18-14/h4,6,9,13H,1-3,5,7-8,10,17H2,(H,18,20)/t13-/m0/s1. The summed E-state index contributed by atoms with van der Waals surface area (Å²) in [4.78, 5) is 26.0. The van der Waals surface area contributed by atoms with E-state index in [-0.39, 0.29) is 17.9 Å². The van der Waals surface area contributed by atoms with Crippen LogP contribution in [0.5, 0.6) is 0 Å². The Morgan fingerprint density at radius 3 is 3.00 bits per heavy atom. The first kappa shape index (κ1) is 14.1. The number of amides is 2. The van der Waals surface area contributed by atoms with Crippen LogP contribution in [0.4, 0.5) is 5.69 Å². The van der Waals surface area contributed by atoms with Gasteiger partial charge in [0, 0.05) is 36.8 Å². The average Bonchev–Trinajstić information content (AvgIpc) is 2.53. The van der Waals surface area contributed by atoms with E-state index in [4.69, 9.17) is 5.73 Å². The predicted octanol–water partition coefficient (Wildman–Crippen LogP) is 1.52. The van der Waals surface area contributed by atoms with E-state index in [2.05, 4.69) is 5.32 Å². The van der Waals surface area contributed by atoms with Gasteiger partial charge in [-0.2, -0.15) is 0 Å². The van der Waals surface area contributed by atoms with E-state index in [1.54, 1.807) is 6.07 Å². The molecule has 2 amide bonds. The minimum absolute atomic E-state index is 0.0424. The molecule has 0 bridgehead atoms. The van der Waals surface area contributed by atoms with Crippen LogP contribution in [-0.4, -0.2) is 35.8 Å². The second-order valence-corrected chi connectivity index (χ2v) is 5.80. The first-order valence-corrected chi connectivity index (χ1v) is 7.63. The number of nitrogens with two attached hydrogens (primary N) is 1. The van der Waals surface area contributed by atoms with Crippen molar-refractivity contribution in [1.29, 1.82) is 0 Å². The van der Waals surface area contributed by atoms with Crippen molar-refractivity contribution in [3.8, 4) is 0 Å². The van der Waals surface area contributed by atoms with Gasteiger partial charge in [-0.25, -0.2) is 0 Å². The summed E-state index contributed by atoms with van der Waals surface area (Å²) in [6.07, 6.45) is 4.36. The lowest BCUT2D eigenvalue weighted by Gasteiger charge is -2.35. The van der Waals surface area contributed by atoms with E-state index in [0.717, 1.165) is 37.1 Å². The molecule has 2 aliphatic heterocycles.